The second-order valence-electron chi connectivity index (χ2n) is 3.73. The first-order valence-electron chi connectivity index (χ1n) is 5.14. The molecule has 0 unspecified atom stereocenters. The third-order valence-electron chi connectivity index (χ3n) is 2.57. The lowest BCUT2D eigenvalue weighted by Gasteiger charge is -1.96. The lowest BCUT2D eigenvalue weighted by Crippen LogP contribution is -1.87. The van der Waals surface area contributed by atoms with Crippen LogP contribution in [-0.4, -0.2) is 9.61 Å². The summed E-state index contributed by atoms with van der Waals surface area (Å²) in [5, 5.41) is 4.89. The molecule has 3 rings (SSSR count). The van der Waals surface area contributed by atoms with Crippen LogP contribution < -0.4 is 0 Å². The highest BCUT2D eigenvalue weighted by Crippen LogP contribution is 2.23. The van der Waals surface area contributed by atoms with Gasteiger partial charge in [0, 0.05) is 11.8 Å². The van der Waals surface area contributed by atoms with E-state index in [0.29, 0.717) is 16.3 Å². The molecule has 0 atom stereocenters. The molecule has 84 valence electrons. The molecule has 0 saturated heterocycles. The SMILES string of the molecule is Fc1ccccc1-c1cc2ccc(Cl)cn2n1. The van der Waals surface area contributed by atoms with Gasteiger partial charge in [-0.2, -0.15) is 5.10 Å². The van der Waals surface area contributed by atoms with Gasteiger partial charge in [-0.15, -0.1) is 0 Å². The zero-order chi connectivity index (χ0) is 11.8. The Bertz CT molecular complexity index is 691. The first-order chi connectivity index (χ1) is 8.24. The van der Waals surface area contributed by atoms with Gasteiger partial charge in [0.1, 0.15) is 5.82 Å². The highest BCUT2D eigenvalue weighted by atomic mass is 35.5. The van der Waals surface area contributed by atoms with Crippen LogP contribution in [0.15, 0.2) is 48.7 Å². The number of hydrogen-bond donors (Lipinski definition) is 0. The van der Waals surface area contributed by atoms with E-state index in [2.05, 4.69) is 5.10 Å². The van der Waals surface area contributed by atoms with Gasteiger partial charge in [0.15, 0.2) is 0 Å². The number of hydrogen-bond acceptors (Lipinski definition) is 1. The van der Waals surface area contributed by atoms with Crippen molar-refractivity contribution in [3.05, 3.63) is 59.5 Å². The molecule has 0 saturated carbocycles. The first kappa shape index (κ1) is 10.3. The summed E-state index contributed by atoms with van der Waals surface area (Å²) in [6.45, 7) is 0. The molecular weight excluding hydrogens is 239 g/mol. The van der Waals surface area contributed by atoms with Gasteiger partial charge in [-0.05, 0) is 30.3 Å². The summed E-state index contributed by atoms with van der Waals surface area (Å²) in [6, 6.07) is 12.0. The zero-order valence-electron chi connectivity index (χ0n) is 8.77. The molecule has 2 heterocycles. The average Bonchev–Trinajstić information content (AvgIpc) is 2.72. The van der Waals surface area contributed by atoms with Crippen LogP contribution in [0.4, 0.5) is 4.39 Å². The number of benzene rings is 1. The quantitative estimate of drug-likeness (QED) is 0.639. The van der Waals surface area contributed by atoms with Gasteiger partial charge >= 0.3 is 0 Å². The number of nitrogens with zero attached hydrogens (tertiary/aromatic N) is 2. The number of pyridine rings is 1. The van der Waals surface area contributed by atoms with Crippen LogP contribution >= 0.6 is 11.6 Å². The molecule has 2 nitrogen and oxygen atoms in total. The third-order valence-corrected chi connectivity index (χ3v) is 2.80. The molecule has 0 bridgehead atoms. The predicted molar refractivity (Wildman–Crippen MR) is 65.6 cm³/mol. The predicted octanol–water partition coefficient (Wildman–Crippen LogP) is 3.79. The molecule has 0 spiro atoms. The summed E-state index contributed by atoms with van der Waals surface area (Å²) in [5.74, 6) is -0.276. The van der Waals surface area contributed by atoms with Crippen molar-refractivity contribution < 1.29 is 4.39 Å². The van der Waals surface area contributed by atoms with Crippen LogP contribution in [-0.2, 0) is 0 Å². The Balaban J connectivity index is 2.22. The van der Waals surface area contributed by atoms with Crippen LogP contribution in [0.25, 0.3) is 16.8 Å². The Kier molecular flexibility index (Phi) is 2.34. The fourth-order valence-corrected chi connectivity index (χ4v) is 1.92. The summed E-state index contributed by atoms with van der Waals surface area (Å²) in [4.78, 5) is 0. The van der Waals surface area contributed by atoms with E-state index in [1.807, 2.05) is 12.1 Å². The zero-order valence-corrected chi connectivity index (χ0v) is 9.53. The molecule has 0 amide bonds. The monoisotopic (exact) mass is 246 g/mol. The van der Waals surface area contributed by atoms with Crippen molar-refractivity contribution in [3.8, 4) is 11.3 Å². The van der Waals surface area contributed by atoms with E-state index < -0.39 is 0 Å². The van der Waals surface area contributed by atoms with Gasteiger partial charge in [0.05, 0.1) is 16.2 Å². The lowest BCUT2D eigenvalue weighted by atomic mass is 10.1. The van der Waals surface area contributed by atoms with Crippen molar-refractivity contribution in [2.45, 2.75) is 0 Å². The molecule has 17 heavy (non-hydrogen) atoms. The maximum atomic E-state index is 13.6. The number of halogens is 2. The summed E-state index contributed by atoms with van der Waals surface area (Å²) in [6.07, 6.45) is 1.70. The molecular formula is C13H8ClFN2. The topological polar surface area (TPSA) is 17.3 Å². The lowest BCUT2D eigenvalue weighted by molar-refractivity contribution is 0.630. The highest BCUT2D eigenvalue weighted by Gasteiger charge is 2.08. The van der Waals surface area contributed by atoms with Crippen LogP contribution in [0.5, 0.6) is 0 Å². The highest BCUT2D eigenvalue weighted by molar-refractivity contribution is 6.30. The molecule has 1 aromatic carbocycles. The molecule has 2 aromatic heterocycles. The smallest absolute Gasteiger partial charge is 0.132 e. The number of rotatable bonds is 1. The summed E-state index contributed by atoms with van der Waals surface area (Å²) in [7, 11) is 0. The Morgan fingerprint density at radius 1 is 1.12 bits per heavy atom. The second kappa shape index (κ2) is 3.86. The minimum absolute atomic E-state index is 0.276. The van der Waals surface area contributed by atoms with Crippen molar-refractivity contribution in [2.24, 2.45) is 0 Å². The van der Waals surface area contributed by atoms with Crippen molar-refractivity contribution >= 4 is 17.1 Å². The van der Waals surface area contributed by atoms with Gasteiger partial charge < -0.3 is 0 Å². The van der Waals surface area contributed by atoms with Crippen molar-refractivity contribution in [1.82, 2.24) is 9.61 Å². The molecule has 3 aromatic rings. The number of fused-ring (bicyclic) bond motifs is 1. The van der Waals surface area contributed by atoms with Gasteiger partial charge in [0.2, 0.25) is 0 Å². The Labute approximate surface area is 102 Å². The Morgan fingerprint density at radius 3 is 2.76 bits per heavy atom. The van der Waals surface area contributed by atoms with Crippen molar-refractivity contribution in [1.29, 1.82) is 0 Å². The van der Waals surface area contributed by atoms with E-state index in [-0.39, 0.29) is 5.82 Å². The van der Waals surface area contributed by atoms with Crippen LogP contribution in [0.3, 0.4) is 0 Å². The minimum Gasteiger partial charge on any atom is -0.239 e. The van der Waals surface area contributed by atoms with Crippen LogP contribution in [0.1, 0.15) is 0 Å². The molecule has 0 N–H and O–H groups in total. The van der Waals surface area contributed by atoms with E-state index in [1.54, 1.807) is 35.0 Å². The maximum Gasteiger partial charge on any atom is 0.132 e. The van der Waals surface area contributed by atoms with E-state index in [1.165, 1.54) is 6.07 Å². The van der Waals surface area contributed by atoms with Gasteiger partial charge in [0.25, 0.3) is 0 Å². The average molecular weight is 247 g/mol. The standard InChI is InChI=1S/C13H8ClFN2/c14-9-5-6-10-7-13(16-17(10)8-9)11-3-1-2-4-12(11)15/h1-8H. The fraction of sp³-hybridized carbons (Fsp3) is 0. The van der Waals surface area contributed by atoms with Gasteiger partial charge in [-0.1, -0.05) is 23.7 Å². The largest absolute Gasteiger partial charge is 0.239 e. The van der Waals surface area contributed by atoms with Gasteiger partial charge in [-0.25, -0.2) is 8.91 Å². The molecule has 0 fully saturated rings. The van der Waals surface area contributed by atoms with E-state index in [0.717, 1.165) is 5.52 Å². The number of aromatic nitrogens is 2. The van der Waals surface area contributed by atoms with Crippen molar-refractivity contribution in [2.75, 3.05) is 0 Å². The van der Waals surface area contributed by atoms with E-state index in [9.17, 15) is 4.39 Å². The van der Waals surface area contributed by atoms with Crippen molar-refractivity contribution in [3.63, 3.8) is 0 Å². The molecule has 0 aliphatic heterocycles. The van der Waals surface area contributed by atoms with Crippen LogP contribution in [0.2, 0.25) is 5.02 Å². The molecule has 4 heteroatoms. The first-order valence-corrected chi connectivity index (χ1v) is 5.52. The van der Waals surface area contributed by atoms with E-state index >= 15 is 0 Å². The normalized spacial score (nSPS) is 10.9. The second-order valence-corrected chi connectivity index (χ2v) is 4.16. The molecule has 0 aliphatic carbocycles. The third kappa shape index (κ3) is 1.78. The van der Waals surface area contributed by atoms with Gasteiger partial charge in [-0.3, -0.25) is 0 Å². The maximum absolute atomic E-state index is 13.6. The van der Waals surface area contributed by atoms with E-state index in [4.69, 9.17) is 11.6 Å². The molecule has 0 aliphatic rings. The molecule has 0 radical (unpaired) electrons. The Hall–Kier alpha value is -1.87. The Morgan fingerprint density at radius 2 is 1.94 bits per heavy atom. The fourth-order valence-electron chi connectivity index (χ4n) is 1.76. The summed E-state index contributed by atoms with van der Waals surface area (Å²) < 4.78 is 15.3. The minimum atomic E-state index is -0.276. The summed E-state index contributed by atoms with van der Waals surface area (Å²) in [5.41, 5.74) is 1.98. The van der Waals surface area contributed by atoms with Crippen LogP contribution in [0, 0.1) is 5.82 Å². The summed E-state index contributed by atoms with van der Waals surface area (Å²) >= 11 is 5.87.